The standard InChI is InChI=1S/C7H8O3.C2H6/c1-3-2-4(8)6-7(10-6)5(3)9;1-2/h2,4,6-8H,1H3;1-2H3. The summed E-state index contributed by atoms with van der Waals surface area (Å²) < 4.78 is 4.92. The number of ketones is 1. The smallest absolute Gasteiger partial charge is 0.189 e. The molecule has 1 heterocycles. The Morgan fingerprint density at radius 2 is 2.08 bits per heavy atom. The molecule has 0 amide bonds. The van der Waals surface area contributed by atoms with E-state index in [9.17, 15) is 4.79 Å². The summed E-state index contributed by atoms with van der Waals surface area (Å²) in [5.74, 6) is 0.0234. The Bertz CT molecular complexity index is 220. The number of carbonyl (C=O) groups is 1. The zero-order valence-corrected chi connectivity index (χ0v) is 7.57. The molecular weight excluding hydrogens is 156 g/mol. The Morgan fingerprint density at radius 3 is 2.67 bits per heavy atom. The molecular formula is C9H14O3. The van der Waals surface area contributed by atoms with Crippen molar-refractivity contribution in [2.45, 2.75) is 39.1 Å². The van der Waals surface area contributed by atoms with E-state index in [4.69, 9.17) is 9.84 Å². The average molecular weight is 170 g/mol. The minimum absolute atomic E-state index is 0.0234. The molecule has 1 aliphatic carbocycles. The Morgan fingerprint density at radius 1 is 1.50 bits per heavy atom. The van der Waals surface area contributed by atoms with E-state index in [-0.39, 0.29) is 18.0 Å². The van der Waals surface area contributed by atoms with Crippen LogP contribution in [0.25, 0.3) is 0 Å². The number of epoxide rings is 1. The number of aliphatic hydroxyl groups excluding tert-OH is 1. The van der Waals surface area contributed by atoms with Gasteiger partial charge < -0.3 is 9.84 Å². The molecule has 0 saturated carbocycles. The molecule has 0 aromatic heterocycles. The van der Waals surface area contributed by atoms with Crippen molar-refractivity contribution in [2.24, 2.45) is 0 Å². The lowest BCUT2D eigenvalue weighted by Gasteiger charge is -2.07. The molecule has 3 unspecified atom stereocenters. The molecule has 0 bridgehead atoms. The summed E-state index contributed by atoms with van der Waals surface area (Å²) in [6.07, 6.45) is 0.412. The van der Waals surface area contributed by atoms with Gasteiger partial charge in [0.25, 0.3) is 0 Å². The van der Waals surface area contributed by atoms with Gasteiger partial charge in [-0.1, -0.05) is 13.8 Å². The summed E-state index contributed by atoms with van der Waals surface area (Å²) in [4.78, 5) is 11.0. The van der Waals surface area contributed by atoms with Crippen molar-refractivity contribution in [3.63, 3.8) is 0 Å². The van der Waals surface area contributed by atoms with Crippen LogP contribution < -0.4 is 0 Å². The predicted octanol–water partition coefficient (Wildman–Crippen LogP) is 0.670. The van der Waals surface area contributed by atoms with Gasteiger partial charge in [-0.15, -0.1) is 0 Å². The van der Waals surface area contributed by atoms with E-state index in [0.717, 1.165) is 0 Å². The largest absolute Gasteiger partial charge is 0.386 e. The van der Waals surface area contributed by atoms with Gasteiger partial charge in [-0.05, 0) is 18.6 Å². The van der Waals surface area contributed by atoms with Gasteiger partial charge in [0, 0.05) is 0 Å². The highest BCUT2D eigenvalue weighted by Crippen LogP contribution is 2.33. The van der Waals surface area contributed by atoms with Crippen molar-refractivity contribution in [3.05, 3.63) is 11.6 Å². The number of hydrogen-bond donors (Lipinski definition) is 1. The van der Waals surface area contributed by atoms with Crippen LogP contribution in [0.4, 0.5) is 0 Å². The Labute approximate surface area is 72.0 Å². The molecule has 2 rings (SSSR count). The number of aliphatic hydroxyl groups is 1. The fraction of sp³-hybridized carbons (Fsp3) is 0.667. The van der Waals surface area contributed by atoms with E-state index in [2.05, 4.69) is 0 Å². The average Bonchev–Trinajstić information content (AvgIpc) is 2.84. The van der Waals surface area contributed by atoms with E-state index >= 15 is 0 Å². The Kier molecular flexibility index (Phi) is 2.65. The van der Waals surface area contributed by atoms with Gasteiger partial charge in [0.2, 0.25) is 0 Å². The third-order valence-electron chi connectivity index (χ3n) is 1.93. The van der Waals surface area contributed by atoms with Crippen molar-refractivity contribution in [2.75, 3.05) is 0 Å². The number of ether oxygens (including phenoxy) is 1. The monoisotopic (exact) mass is 170 g/mol. The first-order chi connectivity index (χ1) is 5.70. The molecule has 0 radical (unpaired) electrons. The van der Waals surface area contributed by atoms with E-state index < -0.39 is 6.10 Å². The van der Waals surface area contributed by atoms with Gasteiger partial charge in [0.05, 0.1) is 0 Å². The highest BCUT2D eigenvalue weighted by atomic mass is 16.6. The molecule has 0 aromatic carbocycles. The zero-order valence-electron chi connectivity index (χ0n) is 7.57. The molecule has 0 spiro atoms. The topological polar surface area (TPSA) is 49.8 Å². The molecule has 3 nitrogen and oxygen atoms in total. The second-order valence-corrected chi connectivity index (χ2v) is 2.73. The first-order valence-electron chi connectivity index (χ1n) is 4.26. The van der Waals surface area contributed by atoms with Crippen molar-refractivity contribution in [3.8, 4) is 0 Å². The first-order valence-corrected chi connectivity index (χ1v) is 4.26. The van der Waals surface area contributed by atoms with Gasteiger partial charge >= 0.3 is 0 Å². The third kappa shape index (κ3) is 1.42. The second kappa shape index (κ2) is 3.37. The number of fused-ring (bicyclic) bond motifs is 1. The molecule has 1 fully saturated rings. The maximum absolute atomic E-state index is 11.0. The summed E-state index contributed by atoms with van der Waals surface area (Å²) in [6.45, 7) is 5.70. The summed E-state index contributed by atoms with van der Waals surface area (Å²) in [5, 5.41) is 9.15. The van der Waals surface area contributed by atoms with Gasteiger partial charge in [0.15, 0.2) is 5.78 Å². The lowest BCUT2D eigenvalue weighted by atomic mass is 9.98. The van der Waals surface area contributed by atoms with Crippen LogP contribution in [0.1, 0.15) is 20.8 Å². The van der Waals surface area contributed by atoms with E-state index in [1.807, 2.05) is 13.8 Å². The predicted molar refractivity (Wildman–Crippen MR) is 44.8 cm³/mol. The molecule has 1 aliphatic heterocycles. The fourth-order valence-electron chi connectivity index (χ4n) is 1.25. The molecule has 3 atom stereocenters. The van der Waals surface area contributed by atoms with E-state index in [1.54, 1.807) is 13.0 Å². The van der Waals surface area contributed by atoms with Crippen LogP contribution in [0.2, 0.25) is 0 Å². The zero-order chi connectivity index (χ0) is 9.30. The molecule has 0 aromatic rings. The Hall–Kier alpha value is -0.670. The van der Waals surface area contributed by atoms with Crippen LogP contribution in [0, 0.1) is 0 Å². The van der Waals surface area contributed by atoms with Gasteiger partial charge in [-0.3, -0.25) is 4.79 Å². The summed E-state index contributed by atoms with van der Waals surface area (Å²) in [6, 6.07) is 0. The molecule has 12 heavy (non-hydrogen) atoms. The highest BCUT2D eigenvalue weighted by Gasteiger charge is 2.51. The molecule has 3 heteroatoms. The van der Waals surface area contributed by atoms with E-state index in [0.29, 0.717) is 5.57 Å². The summed E-state index contributed by atoms with van der Waals surface area (Å²) in [7, 11) is 0. The highest BCUT2D eigenvalue weighted by molar-refractivity contribution is 6.01. The minimum Gasteiger partial charge on any atom is -0.386 e. The van der Waals surface area contributed by atoms with Crippen molar-refractivity contribution < 1.29 is 14.6 Å². The number of rotatable bonds is 0. The summed E-state index contributed by atoms with van der Waals surface area (Å²) >= 11 is 0. The van der Waals surface area contributed by atoms with Gasteiger partial charge in [0.1, 0.15) is 18.3 Å². The van der Waals surface area contributed by atoms with Crippen LogP contribution in [-0.4, -0.2) is 29.2 Å². The second-order valence-electron chi connectivity index (χ2n) is 2.73. The third-order valence-corrected chi connectivity index (χ3v) is 1.93. The van der Waals surface area contributed by atoms with Crippen molar-refractivity contribution in [1.29, 1.82) is 0 Å². The molecule has 1 saturated heterocycles. The number of carbonyl (C=O) groups excluding carboxylic acids is 1. The quantitative estimate of drug-likeness (QED) is 0.543. The number of Topliss-reactive ketones (excluding diaryl/α,β-unsaturated/α-hetero) is 1. The van der Waals surface area contributed by atoms with Crippen LogP contribution >= 0.6 is 0 Å². The fourth-order valence-corrected chi connectivity index (χ4v) is 1.25. The van der Waals surface area contributed by atoms with Crippen LogP contribution in [-0.2, 0) is 9.53 Å². The van der Waals surface area contributed by atoms with Crippen LogP contribution in [0.5, 0.6) is 0 Å². The van der Waals surface area contributed by atoms with Crippen LogP contribution in [0.15, 0.2) is 11.6 Å². The lowest BCUT2D eigenvalue weighted by Crippen LogP contribution is -2.25. The maximum atomic E-state index is 11.0. The first kappa shape index (κ1) is 9.42. The summed E-state index contributed by atoms with van der Waals surface area (Å²) in [5.41, 5.74) is 0.617. The molecule has 1 N–H and O–H groups in total. The minimum atomic E-state index is -0.567. The Balaban J connectivity index is 0.000000336. The molecule has 68 valence electrons. The maximum Gasteiger partial charge on any atom is 0.189 e. The number of hydrogen-bond acceptors (Lipinski definition) is 3. The lowest BCUT2D eigenvalue weighted by molar-refractivity contribution is -0.116. The SMILES string of the molecule is CC.CC1=CC(O)C2OC2C1=O. The van der Waals surface area contributed by atoms with Crippen molar-refractivity contribution >= 4 is 5.78 Å². The van der Waals surface area contributed by atoms with Gasteiger partial charge in [-0.25, -0.2) is 0 Å². The van der Waals surface area contributed by atoms with E-state index in [1.165, 1.54) is 0 Å². The van der Waals surface area contributed by atoms with Gasteiger partial charge in [-0.2, -0.15) is 0 Å². The molecule has 2 aliphatic rings. The van der Waals surface area contributed by atoms with Crippen molar-refractivity contribution in [1.82, 2.24) is 0 Å². The van der Waals surface area contributed by atoms with Crippen LogP contribution in [0.3, 0.4) is 0 Å². The normalized spacial score (nSPS) is 37.5.